The van der Waals surface area contributed by atoms with Crippen LogP contribution in [0.15, 0.2) is 6.20 Å². The van der Waals surface area contributed by atoms with E-state index in [0.717, 1.165) is 12.1 Å². The number of hydrogen-bond donors (Lipinski definition) is 1. The maximum absolute atomic E-state index is 9.77. The first-order valence-electron chi connectivity index (χ1n) is 4.82. The Labute approximate surface area is 82.1 Å². The number of nitrogens with zero attached hydrogens (tertiary/aromatic N) is 2. The number of aromatic nitrogens is 2. The quantitative estimate of drug-likeness (QED) is 0.809. The van der Waals surface area contributed by atoms with E-state index in [-0.39, 0.29) is 6.10 Å². The van der Waals surface area contributed by atoms with Gasteiger partial charge in [0.1, 0.15) is 5.69 Å². The first-order valence-corrected chi connectivity index (χ1v) is 5.55. The Bertz CT molecular complexity index is 244. The average molecular weight is 198 g/mol. The van der Waals surface area contributed by atoms with Crippen LogP contribution < -0.4 is 0 Å². The van der Waals surface area contributed by atoms with Crippen LogP contribution >= 0.6 is 11.7 Å². The molecule has 0 saturated heterocycles. The lowest BCUT2D eigenvalue weighted by molar-refractivity contribution is 0.141. The zero-order valence-corrected chi connectivity index (χ0v) is 8.33. The SMILES string of the molecule is OC(CC1CCCC1)c1cnsn1. The van der Waals surface area contributed by atoms with Crippen molar-refractivity contribution in [2.75, 3.05) is 0 Å². The minimum atomic E-state index is -0.387. The lowest BCUT2D eigenvalue weighted by atomic mass is 9.99. The third-order valence-corrected chi connectivity index (χ3v) is 3.24. The fraction of sp³-hybridized carbons (Fsp3) is 0.778. The fourth-order valence-corrected chi connectivity index (χ4v) is 2.47. The molecule has 1 heterocycles. The van der Waals surface area contributed by atoms with Gasteiger partial charge in [-0.3, -0.25) is 0 Å². The van der Waals surface area contributed by atoms with Crippen molar-refractivity contribution < 1.29 is 5.11 Å². The first kappa shape index (κ1) is 9.09. The van der Waals surface area contributed by atoms with Gasteiger partial charge in [0.15, 0.2) is 0 Å². The monoisotopic (exact) mass is 198 g/mol. The van der Waals surface area contributed by atoms with Crippen LogP contribution in [0.25, 0.3) is 0 Å². The molecule has 1 fully saturated rings. The van der Waals surface area contributed by atoms with Gasteiger partial charge in [-0.2, -0.15) is 8.75 Å². The Hall–Kier alpha value is -0.480. The van der Waals surface area contributed by atoms with Crippen molar-refractivity contribution in [2.24, 2.45) is 5.92 Å². The highest BCUT2D eigenvalue weighted by molar-refractivity contribution is 6.99. The number of aliphatic hydroxyl groups is 1. The predicted molar refractivity (Wildman–Crippen MR) is 51.4 cm³/mol. The second-order valence-corrected chi connectivity index (χ2v) is 4.29. The van der Waals surface area contributed by atoms with Gasteiger partial charge < -0.3 is 5.11 Å². The second kappa shape index (κ2) is 4.15. The van der Waals surface area contributed by atoms with Crippen LogP contribution in [0, 0.1) is 5.92 Å². The van der Waals surface area contributed by atoms with Crippen molar-refractivity contribution in [1.29, 1.82) is 0 Å². The smallest absolute Gasteiger partial charge is 0.103 e. The van der Waals surface area contributed by atoms with Crippen LogP contribution in [0.4, 0.5) is 0 Å². The van der Waals surface area contributed by atoms with Gasteiger partial charge in [0, 0.05) is 0 Å². The number of rotatable bonds is 3. The molecule has 0 bridgehead atoms. The summed E-state index contributed by atoms with van der Waals surface area (Å²) in [5.74, 6) is 0.705. The molecule has 1 aromatic rings. The molecule has 13 heavy (non-hydrogen) atoms. The van der Waals surface area contributed by atoms with E-state index >= 15 is 0 Å². The Balaban J connectivity index is 1.87. The van der Waals surface area contributed by atoms with Gasteiger partial charge in [-0.25, -0.2) is 0 Å². The van der Waals surface area contributed by atoms with E-state index in [1.54, 1.807) is 6.20 Å². The van der Waals surface area contributed by atoms with Crippen molar-refractivity contribution in [3.63, 3.8) is 0 Å². The molecule has 1 aromatic heterocycles. The Kier molecular flexibility index (Phi) is 2.90. The summed E-state index contributed by atoms with van der Waals surface area (Å²) < 4.78 is 7.93. The van der Waals surface area contributed by atoms with E-state index in [2.05, 4.69) is 8.75 Å². The van der Waals surface area contributed by atoms with Crippen LogP contribution in [-0.2, 0) is 0 Å². The normalized spacial score (nSPS) is 20.7. The van der Waals surface area contributed by atoms with E-state index in [1.165, 1.54) is 37.4 Å². The van der Waals surface area contributed by atoms with Crippen LogP contribution in [0.2, 0.25) is 0 Å². The highest BCUT2D eigenvalue weighted by Gasteiger charge is 2.20. The molecule has 2 rings (SSSR count). The minimum absolute atomic E-state index is 0.387. The third kappa shape index (κ3) is 2.25. The van der Waals surface area contributed by atoms with Crippen molar-refractivity contribution in [3.8, 4) is 0 Å². The standard InChI is InChI=1S/C9H14N2OS/c12-9(8-6-10-13-11-8)5-7-3-1-2-4-7/h6-7,9,12H,1-5H2. The third-order valence-electron chi connectivity index (χ3n) is 2.75. The Morgan fingerprint density at radius 2 is 2.31 bits per heavy atom. The van der Waals surface area contributed by atoms with Gasteiger partial charge in [0.25, 0.3) is 0 Å². The molecule has 0 aromatic carbocycles. The summed E-state index contributed by atoms with van der Waals surface area (Å²) in [5, 5.41) is 9.77. The molecule has 1 atom stereocenters. The highest BCUT2D eigenvalue weighted by Crippen LogP contribution is 2.32. The van der Waals surface area contributed by atoms with Gasteiger partial charge in [-0.15, -0.1) is 0 Å². The van der Waals surface area contributed by atoms with Crippen LogP contribution in [0.1, 0.15) is 43.9 Å². The van der Waals surface area contributed by atoms with Crippen molar-refractivity contribution >= 4 is 11.7 Å². The van der Waals surface area contributed by atoms with Crippen molar-refractivity contribution in [1.82, 2.24) is 8.75 Å². The molecule has 1 aliphatic carbocycles. The van der Waals surface area contributed by atoms with E-state index in [0.29, 0.717) is 5.92 Å². The van der Waals surface area contributed by atoms with Crippen LogP contribution in [0.5, 0.6) is 0 Å². The largest absolute Gasteiger partial charge is 0.387 e. The molecule has 1 aliphatic rings. The van der Waals surface area contributed by atoms with Crippen LogP contribution in [0.3, 0.4) is 0 Å². The Morgan fingerprint density at radius 1 is 1.54 bits per heavy atom. The highest BCUT2D eigenvalue weighted by atomic mass is 32.1. The van der Waals surface area contributed by atoms with Gasteiger partial charge in [0.05, 0.1) is 24.0 Å². The molecule has 4 heteroatoms. The molecule has 0 amide bonds. The van der Waals surface area contributed by atoms with E-state index in [1.807, 2.05) is 0 Å². The lowest BCUT2D eigenvalue weighted by Gasteiger charge is -2.12. The molecule has 0 spiro atoms. The summed E-state index contributed by atoms with van der Waals surface area (Å²) in [6.07, 6.45) is 7.35. The molecule has 1 unspecified atom stereocenters. The van der Waals surface area contributed by atoms with E-state index in [4.69, 9.17) is 0 Å². The molecular formula is C9H14N2OS. The van der Waals surface area contributed by atoms with E-state index in [9.17, 15) is 5.11 Å². The van der Waals surface area contributed by atoms with Crippen molar-refractivity contribution in [2.45, 2.75) is 38.2 Å². The Morgan fingerprint density at radius 3 is 2.92 bits per heavy atom. The number of aliphatic hydroxyl groups excluding tert-OH is 1. The summed E-state index contributed by atoms with van der Waals surface area (Å²) in [6.45, 7) is 0. The summed E-state index contributed by atoms with van der Waals surface area (Å²) in [6, 6.07) is 0. The van der Waals surface area contributed by atoms with Gasteiger partial charge >= 0.3 is 0 Å². The fourth-order valence-electron chi connectivity index (χ4n) is 2.00. The zero-order chi connectivity index (χ0) is 9.10. The maximum Gasteiger partial charge on any atom is 0.103 e. The molecule has 1 saturated carbocycles. The summed E-state index contributed by atoms with van der Waals surface area (Å²) in [5.41, 5.74) is 0.747. The van der Waals surface area contributed by atoms with E-state index < -0.39 is 0 Å². The minimum Gasteiger partial charge on any atom is -0.387 e. The topological polar surface area (TPSA) is 46.0 Å². The second-order valence-electron chi connectivity index (χ2n) is 3.73. The number of hydrogen-bond acceptors (Lipinski definition) is 4. The maximum atomic E-state index is 9.77. The molecular weight excluding hydrogens is 184 g/mol. The van der Waals surface area contributed by atoms with Gasteiger partial charge in [0.2, 0.25) is 0 Å². The predicted octanol–water partition coefficient (Wildman–Crippen LogP) is 2.15. The molecule has 1 N–H and O–H groups in total. The van der Waals surface area contributed by atoms with Gasteiger partial charge in [-0.1, -0.05) is 25.7 Å². The molecule has 72 valence electrons. The summed E-state index contributed by atoms with van der Waals surface area (Å²) in [7, 11) is 0. The first-order chi connectivity index (χ1) is 6.36. The molecule has 0 radical (unpaired) electrons. The van der Waals surface area contributed by atoms with Crippen molar-refractivity contribution in [3.05, 3.63) is 11.9 Å². The lowest BCUT2D eigenvalue weighted by Crippen LogP contribution is -2.04. The average Bonchev–Trinajstić information content (AvgIpc) is 2.74. The van der Waals surface area contributed by atoms with Gasteiger partial charge in [-0.05, 0) is 12.3 Å². The van der Waals surface area contributed by atoms with Crippen LogP contribution in [-0.4, -0.2) is 13.9 Å². The summed E-state index contributed by atoms with van der Waals surface area (Å²) >= 11 is 1.17. The summed E-state index contributed by atoms with van der Waals surface area (Å²) in [4.78, 5) is 0. The zero-order valence-electron chi connectivity index (χ0n) is 7.52. The molecule has 0 aliphatic heterocycles. The molecule has 3 nitrogen and oxygen atoms in total.